The molecule has 1 fully saturated rings. The van der Waals surface area contributed by atoms with E-state index in [0.717, 1.165) is 32.3 Å². The standard InChI is InChI=1S/C14H19FO3/c15-13-7-1-4-11(10-16)14(13)18-9-3-6-12-5-2-8-17-12/h1,4,7,12,16H,2-3,5-6,8-10H2. The first-order valence-electron chi connectivity index (χ1n) is 6.44. The lowest BCUT2D eigenvalue weighted by Crippen LogP contribution is -2.08. The summed E-state index contributed by atoms with van der Waals surface area (Å²) in [4.78, 5) is 0. The molecule has 0 aliphatic carbocycles. The van der Waals surface area contributed by atoms with Gasteiger partial charge in [-0.3, -0.25) is 0 Å². The van der Waals surface area contributed by atoms with Crippen LogP contribution in [0.5, 0.6) is 5.75 Å². The van der Waals surface area contributed by atoms with Crippen LogP contribution >= 0.6 is 0 Å². The number of hydrogen-bond acceptors (Lipinski definition) is 3. The maximum absolute atomic E-state index is 13.5. The molecule has 2 rings (SSSR count). The third-order valence-electron chi connectivity index (χ3n) is 3.16. The molecule has 0 aromatic heterocycles. The zero-order valence-corrected chi connectivity index (χ0v) is 10.4. The smallest absolute Gasteiger partial charge is 0.165 e. The molecule has 1 aliphatic rings. The van der Waals surface area contributed by atoms with Gasteiger partial charge in [0.05, 0.1) is 19.3 Å². The van der Waals surface area contributed by atoms with Gasteiger partial charge in [-0.15, -0.1) is 0 Å². The van der Waals surface area contributed by atoms with E-state index in [0.29, 0.717) is 18.3 Å². The van der Waals surface area contributed by atoms with Crippen LogP contribution in [0.15, 0.2) is 18.2 Å². The summed E-state index contributed by atoms with van der Waals surface area (Å²) in [5, 5.41) is 9.11. The van der Waals surface area contributed by atoms with E-state index in [1.165, 1.54) is 6.07 Å². The van der Waals surface area contributed by atoms with Crippen molar-refractivity contribution in [2.75, 3.05) is 13.2 Å². The second-order valence-electron chi connectivity index (χ2n) is 4.51. The van der Waals surface area contributed by atoms with Crippen LogP contribution in [-0.2, 0) is 11.3 Å². The van der Waals surface area contributed by atoms with Gasteiger partial charge in [-0.05, 0) is 31.7 Å². The molecule has 1 aromatic carbocycles. The molecule has 0 spiro atoms. The minimum Gasteiger partial charge on any atom is -0.490 e. The number of ether oxygens (including phenoxy) is 2. The lowest BCUT2D eigenvalue weighted by Gasteiger charge is -2.12. The van der Waals surface area contributed by atoms with Gasteiger partial charge >= 0.3 is 0 Å². The van der Waals surface area contributed by atoms with E-state index in [1.54, 1.807) is 12.1 Å². The largest absolute Gasteiger partial charge is 0.490 e. The average Bonchev–Trinajstić information content (AvgIpc) is 2.89. The van der Waals surface area contributed by atoms with Crippen LogP contribution in [-0.4, -0.2) is 24.4 Å². The molecule has 1 heterocycles. The number of rotatable bonds is 6. The Kier molecular flexibility index (Phi) is 4.96. The van der Waals surface area contributed by atoms with Crippen molar-refractivity contribution in [2.45, 2.75) is 38.4 Å². The predicted octanol–water partition coefficient (Wildman–Crippen LogP) is 2.66. The highest BCUT2D eigenvalue weighted by atomic mass is 19.1. The molecule has 100 valence electrons. The maximum atomic E-state index is 13.5. The Balaban J connectivity index is 1.78. The minimum atomic E-state index is -0.418. The van der Waals surface area contributed by atoms with Gasteiger partial charge in [-0.25, -0.2) is 4.39 Å². The van der Waals surface area contributed by atoms with Gasteiger partial charge in [-0.1, -0.05) is 12.1 Å². The van der Waals surface area contributed by atoms with Gasteiger partial charge in [0.1, 0.15) is 0 Å². The Hall–Kier alpha value is -1.13. The molecule has 3 nitrogen and oxygen atoms in total. The minimum absolute atomic E-state index is 0.173. The van der Waals surface area contributed by atoms with Crippen molar-refractivity contribution in [3.8, 4) is 5.75 Å². The number of aliphatic hydroxyl groups is 1. The molecule has 1 aromatic rings. The fraction of sp³-hybridized carbons (Fsp3) is 0.571. The van der Waals surface area contributed by atoms with E-state index in [-0.39, 0.29) is 12.4 Å². The predicted molar refractivity (Wildman–Crippen MR) is 66.0 cm³/mol. The maximum Gasteiger partial charge on any atom is 0.165 e. The van der Waals surface area contributed by atoms with Crippen molar-refractivity contribution in [3.63, 3.8) is 0 Å². The molecule has 1 aliphatic heterocycles. The lowest BCUT2D eigenvalue weighted by atomic mass is 10.1. The Bertz CT molecular complexity index is 375. The highest BCUT2D eigenvalue weighted by Gasteiger charge is 2.15. The van der Waals surface area contributed by atoms with Crippen LogP contribution in [0.3, 0.4) is 0 Å². The molecule has 1 unspecified atom stereocenters. The zero-order chi connectivity index (χ0) is 12.8. The quantitative estimate of drug-likeness (QED) is 0.793. The van der Waals surface area contributed by atoms with Gasteiger partial charge in [0.15, 0.2) is 11.6 Å². The van der Waals surface area contributed by atoms with Gasteiger partial charge < -0.3 is 14.6 Å². The van der Waals surface area contributed by atoms with Gasteiger partial charge in [0.2, 0.25) is 0 Å². The Labute approximate surface area is 107 Å². The summed E-state index contributed by atoms with van der Waals surface area (Å²) in [7, 11) is 0. The molecule has 1 saturated heterocycles. The summed E-state index contributed by atoms with van der Waals surface area (Å²) in [6.07, 6.45) is 4.37. The Morgan fingerprint density at radius 1 is 1.44 bits per heavy atom. The van der Waals surface area contributed by atoms with Crippen molar-refractivity contribution < 1.29 is 19.0 Å². The van der Waals surface area contributed by atoms with Crippen molar-refractivity contribution >= 4 is 0 Å². The molecule has 0 bridgehead atoms. The van der Waals surface area contributed by atoms with Crippen molar-refractivity contribution in [1.29, 1.82) is 0 Å². The lowest BCUT2D eigenvalue weighted by molar-refractivity contribution is 0.0977. The molecular weight excluding hydrogens is 235 g/mol. The Morgan fingerprint density at radius 3 is 3.06 bits per heavy atom. The summed E-state index contributed by atoms with van der Waals surface area (Å²) >= 11 is 0. The van der Waals surface area contributed by atoms with E-state index in [4.69, 9.17) is 14.6 Å². The van der Waals surface area contributed by atoms with Crippen LogP contribution < -0.4 is 4.74 Å². The highest BCUT2D eigenvalue weighted by molar-refractivity contribution is 5.34. The number of benzene rings is 1. The molecule has 0 amide bonds. The zero-order valence-electron chi connectivity index (χ0n) is 10.4. The van der Waals surface area contributed by atoms with Crippen LogP contribution in [0.1, 0.15) is 31.2 Å². The summed E-state index contributed by atoms with van der Waals surface area (Å²) in [5.74, 6) is -0.244. The first kappa shape index (κ1) is 13.3. The Morgan fingerprint density at radius 2 is 2.33 bits per heavy atom. The summed E-state index contributed by atoms with van der Waals surface area (Å²) in [6, 6.07) is 4.58. The SMILES string of the molecule is OCc1cccc(F)c1OCCCC1CCCO1. The first-order chi connectivity index (χ1) is 8.81. The van der Waals surface area contributed by atoms with Crippen molar-refractivity contribution in [1.82, 2.24) is 0 Å². The van der Waals surface area contributed by atoms with Crippen LogP contribution in [0.2, 0.25) is 0 Å². The molecule has 4 heteroatoms. The van der Waals surface area contributed by atoms with E-state index in [9.17, 15) is 4.39 Å². The summed E-state index contributed by atoms with van der Waals surface area (Å²) in [6.45, 7) is 1.10. The topological polar surface area (TPSA) is 38.7 Å². The number of halogens is 1. The highest BCUT2D eigenvalue weighted by Crippen LogP contribution is 2.23. The van der Waals surface area contributed by atoms with Gasteiger partial charge in [-0.2, -0.15) is 0 Å². The average molecular weight is 254 g/mol. The van der Waals surface area contributed by atoms with E-state index in [2.05, 4.69) is 0 Å². The van der Waals surface area contributed by atoms with Crippen LogP contribution in [0.4, 0.5) is 4.39 Å². The number of para-hydroxylation sites is 1. The number of hydrogen-bond donors (Lipinski definition) is 1. The summed E-state index contributed by atoms with van der Waals surface area (Å²) < 4.78 is 24.4. The normalized spacial score (nSPS) is 19.1. The van der Waals surface area contributed by atoms with E-state index in [1.807, 2.05) is 0 Å². The van der Waals surface area contributed by atoms with Gasteiger partial charge in [0.25, 0.3) is 0 Å². The molecule has 0 saturated carbocycles. The fourth-order valence-electron chi connectivity index (χ4n) is 2.20. The van der Waals surface area contributed by atoms with Gasteiger partial charge in [0, 0.05) is 12.2 Å². The number of aliphatic hydroxyl groups excluding tert-OH is 1. The van der Waals surface area contributed by atoms with Crippen LogP contribution in [0, 0.1) is 5.82 Å². The van der Waals surface area contributed by atoms with E-state index >= 15 is 0 Å². The van der Waals surface area contributed by atoms with E-state index < -0.39 is 5.82 Å². The first-order valence-corrected chi connectivity index (χ1v) is 6.44. The summed E-state index contributed by atoms with van der Waals surface area (Å²) in [5.41, 5.74) is 0.493. The molecule has 1 atom stereocenters. The van der Waals surface area contributed by atoms with Crippen molar-refractivity contribution in [2.24, 2.45) is 0 Å². The molecule has 0 radical (unpaired) electrons. The molecular formula is C14H19FO3. The second-order valence-corrected chi connectivity index (χ2v) is 4.51. The van der Waals surface area contributed by atoms with Crippen LogP contribution in [0.25, 0.3) is 0 Å². The third kappa shape index (κ3) is 3.43. The molecule has 1 N–H and O–H groups in total. The molecule has 18 heavy (non-hydrogen) atoms. The third-order valence-corrected chi connectivity index (χ3v) is 3.16. The second kappa shape index (κ2) is 6.71. The monoisotopic (exact) mass is 254 g/mol. The fourth-order valence-corrected chi connectivity index (χ4v) is 2.20. The van der Waals surface area contributed by atoms with Crippen molar-refractivity contribution in [3.05, 3.63) is 29.6 Å².